The smallest absolute Gasteiger partial charge is 0.0677 e. The Morgan fingerprint density at radius 1 is 1.31 bits per heavy atom. The molecule has 2 nitrogen and oxygen atoms in total. The molecule has 0 amide bonds. The molecule has 0 spiro atoms. The van der Waals surface area contributed by atoms with Crippen molar-refractivity contribution in [3.05, 3.63) is 0 Å². The van der Waals surface area contributed by atoms with Gasteiger partial charge in [-0.05, 0) is 48.1 Å². The molecule has 1 saturated heterocycles. The van der Waals surface area contributed by atoms with Crippen LogP contribution in [0.1, 0.15) is 41.0 Å². The molecular formula is C11H23NO. The largest absolute Gasteiger partial charge is 0.369 e. The predicted molar refractivity (Wildman–Crippen MR) is 55.9 cm³/mol. The maximum Gasteiger partial charge on any atom is 0.0677 e. The van der Waals surface area contributed by atoms with E-state index in [1.54, 1.807) is 0 Å². The summed E-state index contributed by atoms with van der Waals surface area (Å²) in [6, 6.07) is 0.525. The van der Waals surface area contributed by atoms with E-state index in [1.807, 2.05) is 7.05 Å². The second-order valence-corrected chi connectivity index (χ2v) is 5.35. The quantitative estimate of drug-likeness (QED) is 0.712. The molecule has 13 heavy (non-hydrogen) atoms. The van der Waals surface area contributed by atoms with Gasteiger partial charge in [0.05, 0.1) is 11.2 Å². The van der Waals surface area contributed by atoms with Crippen molar-refractivity contribution in [1.29, 1.82) is 0 Å². The number of ether oxygens (including phenoxy) is 1. The summed E-state index contributed by atoms with van der Waals surface area (Å²) in [4.78, 5) is 0. The van der Waals surface area contributed by atoms with E-state index in [0.717, 1.165) is 6.42 Å². The number of hydrogen-bond acceptors (Lipinski definition) is 2. The average molecular weight is 185 g/mol. The molecule has 1 N–H and O–H groups in total. The zero-order valence-corrected chi connectivity index (χ0v) is 9.77. The Bertz CT molecular complexity index is 187. The van der Waals surface area contributed by atoms with E-state index in [4.69, 9.17) is 4.74 Å². The highest BCUT2D eigenvalue weighted by atomic mass is 16.5. The van der Waals surface area contributed by atoms with Crippen molar-refractivity contribution < 1.29 is 4.74 Å². The van der Waals surface area contributed by atoms with Crippen LogP contribution in [0.2, 0.25) is 0 Å². The van der Waals surface area contributed by atoms with Crippen LogP contribution in [-0.4, -0.2) is 24.3 Å². The first-order chi connectivity index (χ1) is 5.78. The van der Waals surface area contributed by atoms with Gasteiger partial charge in [-0.15, -0.1) is 0 Å². The van der Waals surface area contributed by atoms with Crippen LogP contribution < -0.4 is 5.32 Å². The van der Waals surface area contributed by atoms with Crippen LogP contribution in [0.25, 0.3) is 0 Å². The third kappa shape index (κ3) is 2.23. The van der Waals surface area contributed by atoms with E-state index in [9.17, 15) is 0 Å². The Morgan fingerprint density at radius 3 is 2.15 bits per heavy atom. The molecule has 0 bridgehead atoms. The monoisotopic (exact) mass is 185 g/mol. The lowest BCUT2D eigenvalue weighted by Gasteiger charge is -2.30. The van der Waals surface area contributed by atoms with Gasteiger partial charge in [0, 0.05) is 12.0 Å². The Balaban J connectivity index is 2.76. The van der Waals surface area contributed by atoms with E-state index >= 15 is 0 Å². The second kappa shape index (κ2) is 3.25. The topological polar surface area (TPSA) is 21.3 Å². The minimum atomic E-state index is 0.00588. The number of hydrogen-bond donors (Lipinski definition) is 1. The fraction of sp³-hybridized carbons (Fsp3) is 1.00. The van der Waals surface area contributed by atoms with Gasteiger partial charge in [-0.1, -0.05) is 0 Å². The Kier molecular flexibility index (Phi) is 2.75. The summed E-state index contributed by atoms with van der Waals surface area (Å²) < 4.78 is 6.03. The van der Waals surface area contributed by atoms with Gasteiger partial charge in [0.1, 0.15) is 0 Å². The van der Waals surface area contributed by atoms with Crippen LogP contribution in [0, 0.1) is 5.92 Å². The standard InChI is InChI=1S/C11H23NO/c1-8(12-6)9-7-10(2,3)13-11(9,4)5/h8-9,12H,7H2,1-6H3. The van der Waals surface area contributed by atoms with Gasteiger partial charge < -0.3 is 10.1 Å². The van der Waals surface area contributed by atoms with Crippen molar-refractivity contribution in [2.75, 3.05) is 7.05 Å². The molecule has 0 aromatic heterocycles. The molecule has 0 aromatic rings. The first-order valence-corrected chi connectivity index (χ1v) is 5.16. The summed E-state index contributed by atoms with van der Waals surface area (Å²) in [6.45, 7) is 11.0. The van der Waals surface area contributed by atoms with Crippen molar-refractivity contribution >= 4 is 0 Å². The van der Waals surface area contributed by atoms with Gasteiger partial charge in [-0.3, -0.25) is 0 Å². The maximum atomic E-state index is 6.03. The predicted octanol–water partition coefficient (Wildman–Crippen LogP) is 2.19. The normalized spacial score (nSPS) is 33.2. The molecule has 78 valence electrons. The molecule has 2 heteroatoms. The van der Waals surface area contributed by atoms with Gasteiger partial charge in [0.2, 0.25) is 0 Å². The van der Waals surface area contributed by atoms with Crippen molar-refractivity contribution in [1.82, 2.24) is 5.32 Å². The van der Waals surface area contributed by atoms with Crippen LogP contribution in [0.4, 0.5) is 0 Å². The van der Waals surface area contributed by atoms with Crippen LogP contribution >= 0.6 is 0 Å². The summed E-state index contributed by atoms with van der Waals surface area (Å²) in [5.74, 6) is 0.604. The van der Waals surface area contributed by atoms with Crippen LogP contribution in [0.3, 0.4) is 0 Å². The molecular weight excluding hydrogens is 162 g/mol. The summed E-state index contributed by atoms with van der Waals surface area (Å²) in [5, 5.41) is 3.32. The second-order valence-electron chi connectivity index (χ2n) is 5.35. The number of rotatable bonds is 2. The highest BCUT2D eigenvalue weighted by Crippen LogP contribution is 2.43. The number of nitrogens with one attached hydrogen (secondary N) is 1. The van der Waals surface area contributed by atoms with Gasteiger partial charge in [0.15, 0.2) is 0 Å². The lowest BCUT2D eigenvalue weighted by Crippen LogP contribution is -2.40. The van der Waals surface area contributed by atoms with Gasteiger partial charge in [-0.2, -0.15) is 0 Å². The van der Waals surface area contributed by atoms with Crippen LogP contribution in [0.5, 0.6) is 0 Å². The first kappa shape index (κ1) is 11.0. The summed E-state index contributed by atoms with van der Waals surface area (Å²) in [7, 11) is 2.02. The lowest BCUT2D eigenvalue weighted by atomic mass is 9.82. The minimum Gasteiger partial charge on any atom is -0.369 e. The van der Waals surface area contributed by atoms with E-state index < -0.39 is 0 Å². The molecule has 1 aliphatic rings. The Morgan fingerprint density at radius 2 is 1.85 bits per heavy atom. The van der Waals surface area contributed by atoms with Crippen LogP contribution in [0.15, 0.2) is 0 Å². The van der Waals surface area contributed by atoms with E-state index in [0.29, 0.717) is 12.0 Å². The molecule has 1 aliphatic heterocycles. The Hall–Kier alpha value is -0.0800. The molecule has 0 aromatic carbocycles. The lowest BCUT2D eigenvalue weighted by molar-refractivity contribution is -0.0769. The molecule has 2 atom stereocenters. The van der Waals surface area contributed by atoms with Gasteiger partial charge >= 0.3 is 0 Å². The third-order valence-corrected chi connectivity index (χ3v) is 3.20. The first-order valence-electron chi connectivity index (χ1n) is 5.16. The highest BCUT2D eigenvalue weighted by Gasteiger charge is 2.47. The van der Waals surface area contributed by atoms with Crippen molar-refractivity contribution in [2.24, 2.45) is 5.92 Å². The highest BCUT2D eigenvalue weighted by molar-refractivity contribution is 4.97. The molecule has 0 saturated carbocycles. The van der Waals surface area contributed by atoms with Crippen molar-refractivity contribution in [3.63, 3.8) is 0 Å². The van der Waals surface area contributed by atoms with Gasteiger partial charge in [0.25, 0.3) is 0 Å². The zero-order valence-electron chi connectivity index (χ0n) is 9.77. The zero-order chi connectivity index (χ0) is 10.3. The van der Waals surface area contributed by atoms with Crippen molar-refractivity contribution in [3.8, 4) is 0 Å². The third-order valence-electron chi connectivity index (χ3n) is 3.20. The molecule has 1 rings (SSSR count). The molecule has 1 fully saturated rings. The van der Waals surface area contributed by atoms with Crippen LogP contribution in [-0.2, 0) is 4.74 Å². The molecule has 0 radical (unpaired) electrons. The maximum absolute atomic E-state index is 6.03. The van der Waals surface area contributed by atoms with E-state index in [1.165, 1.54) is 0 Å². The fourth-order valence-electron chi connectivity index (χ4n) is 2.58. The SMILES string of the molecule is CNC(C)C1CC(C)(C)OC1(C)C. The van der Waals surface area contributed by atoms with E-state index in [2.05, 4.69) is 39.9 Å². The summed E-state index contributed by atoms with van der Waals surface area (Å²) in [6.07, 6.45) is 1.14. The molecule has 0 aliphatic carbocycles. The molecule has 1 heterocycles. The van der Waals surface area contributed by atoms with E-state index in [-0.39, 0.29) is 11.2 Å². The van der Waals surface area contributed by atoms with Crippen molar-refractivity contribution in [2.45, 2.75) is 58.3 Å². The van der Waals surface area contributed by atoms with Gasteiger partial charge in [-0.25, -0.2) is 0 Å². The fourth-order valence-corrected chi connectivity index (χ4v) is 2.58. The average Bonchev–Trinajstić information content (AvgIpc) is 2.17. The minimum absolute atomic E-state index is 0.00588. The Labute approximate surface area is 82.0 Å². The summed E-state index contributed by atoms with van der Waals surface area (Å²) in [5.41, 5.74) is 0.0468. The molecule has 2 unspecified atom stereocenters. The summed E-state index contributed by atoms with van der Waals surface area (Å²) >= 11 is 0.